The van der Waals surface area contributed by atoms with Crippen LogP contribution in [0, 0.1) is 0 Å². The van der Waals surface area contributed by atoms with Gasteiger partial charge in [0.05, 0.1) is 0 Å². The lowest BCUT2D eigenvalue weighted by atomic mass is 10.3. The number of aromatic nitrogens is 2. The molecular formula is C5H9N5O. The minimum absolute atomic E-state index is 0.113. The van der Waals surface area contributed by atoms with E-state index in [9.17, 15) is 4.79 Å². The van der Waals surface area contributed by atoms with Crippen molar-refractivity contribution in [3.05, 3.63) is 5.56 Å². The summed E-state index contributed by atoms with van der Waals surface area (Å²) in [4.78, 5) is 11.0. The van der Waals surface area contributed by atoms with Gasteiger partial charge in [-0.3, -0.25) is 9.89 Å². The number of H-pyrrole nitrogens is 1. The number of amides is 1. The molecule has 0 bridgehead atoms. The maximum atomic E-state index is 11.0. The highest BCUT2D eigenvalue weighted by Crippen LogP contribution is 2.13. The quantitative estimate of drug-likeness (QED) is 0.414. The van der Waals surface area contributed by atoms with Gasteiger partial charge in [-0.15, -0.1) is 0 Å². The van der Waals surface area contributed by atoms with E-state index in [-0.39, 0.29) is 23.1 Å². The fourth-order valence-corrected chi connectivity index (χ4v) is 0.734. The molecule has 0 spiro atoms. The van der Waals surface area contributed by atoms with Crippen LogP contribution in [0.4, 0.5) is 11.6 Å². The van der Waals surface area contributed by atoms with Gasteiger partial charge in [-0.05, 0) is 0 Å². The standard InChI is InChI=1S/C5H9N5O/c1-8-5(11)2-3(6)9-10-4(2)7/h1H3,(H,8,11)(H5,6,7,9,10). The summed E-state index contributed by atoms with van der Waals surface area (Å²) in [5, 5.41) is 8.34. The summed E-state index contributed by atoms with van der Waals surface area (Å²) in [6.45, 7) is 0. The van der Waals surface area contributed by atoms with Crippen LogP contribution in [0.2, 0.25) is 0 Å². The predicted octanol–water partition coefficient (Wildman–Crippen LogP) is -1.07. The minimum atomic E-state index is -0.339. The number of hydrogen-bond acceptors (Lipinski definition) is 4. The van der Waals surface area contributed by atoms with Crippen LogP contribution in [0.1, 0.15) is 10.4 Å². The van der Waals surface area contributed by atoms with E-state index in [1.165, 1.54) is 7.05 Å². The first-order valence-electron chi connectivity index (χ1n) is 2.98. The molecule has 0 radical (unpaired) electrons. The van der Waals surface area contributed by atoms with Gasteiger partial charge in [0.1, 0.15) is 11.4 Å². The second kappa shape index (κ2) is 2.49. The number of carbonyl (C=O) groups excluding carboxylic acids is 1. The van der Waals surface area contributed by atoms with Crippen LogP contribution >= 0.6 is 0 Å². The van der Waals surface area contributed by atoms with Gasteiger partial charge < -0.3 is 16.8 Å². The van der Waals surface area contributed by atoms with Gasteiger partial charge in [0.25, 0.3) is 5.91 Å². The molecule has 0 aliphatic rings. The molecule has 1 rings (SSSR count). The fraction of sp³-hybridized carbons (Fsp3) is 0.200. The Hall–Kier alpha value is -1.72. The number of nitrogens with zero attached hydrogens (tertiary/aromatic N) is 1. The van der Waals surface area contributed by atoms with Crippen molar-refractivity contribution >= 4 is 17.5 Å². The molecule has 0 saturated heterocycles. The first-order chi connectivity index (χ1) is 5.16. The summed E-state index contributed by atoms with van der Waals surface area (Å²) in [6, 6.07) is 0. The maximum Gasteiger partial charge on any atom is 0.258 e. The van der Waals surface area contributed by atoms with Crippen LogP contribution < -0.4 is 16.8 Å². The Morgan fingerprint density at radius 1 is 1.64 bits per heavy atom. The molecule has 0 aromatic carbocycles. The third-order valence-electron chi connectivity index (χ3n) is 1.28. The van der Waals surface area contributed by atoms with E-state index in [0.717, 1.165) is 0 Å². The summed E-state index contributed by atoms with van der Waals surface area (Å²) < 4.78 is 0. The van der Waals surface area contributed by atoms with Gasteiger partial charge >= 0.3 is 0 Å². The van der Waals surface area contributed by atoms with Gasteiger partial charge in [-0.1, -0.05) is 0 Å². The summed E-state index contributed by atoms with van der Waals surface area (Å²) in [7, 11) is 1.49. The topological polar surface area (TPSA) is 110 Å². The van der Waals surface area contributed by atoms with E-state index in [1.54, 1.807) is 0 Å². The van der Waals surface area contributed by atoms with E-state index >= 15 is 0 Å². The Balaban J connectivity index is 3.10. The fourth-order valence-electron chi connectivity index (χ4n) is 0.734. The monoisotopic (exact) mass is 155 g/mol. The largest absolute Gasteiger partial charge is 0.383 e. The lowest BCUT2D eigenvalue weighted by molar-refractivity contribution is 0.0965. The van der Waals surface area contributed by atoms with Crippen LogP contribution in [0.3, 0.4) is 0 Å². The number of carbonyl (C=O) groups is 1. The number of anilines is 2. The summed E-state index contributed by atoms with van der Waals surface area (Å²) in [6.07, 6.45) is 0. The number of hydrogen-bond donors (Lipinski definition) is 4. The molecule has 0 unspecified atom stereocenters. The van der Waals surface area contributed by atoms with Crippen LogP contribution in [-0.2, 0) is 0 Å². The molecule has 1 aromatic rings. The lowest BCUT2D eigenvalue weighted by Crippen LogP contribution is -2.19. The van der Waals surface area contributed by atoms with Crippen molar-refractivity contribution in [1.29, 1.82) is 0 Å². The first-order valence-corrected chi connectivity index (χ1v) is 2.98. The first kappa shape index (κ1) is 7.39. The molecule has 60 valence electrons. The van der Waals surface area contributed by atoms with E-state index in [0.29, 0.717) is 0 Å². The Morgan fingerprint density at radius 2 is 2.27 bits per heavy atom. The summed E-state index contributed by atoms with van der Waals surface area (Å²) >= 11 is 0. The Labute approximate surface area is 62.9 Å². The van der Waals surface area contributed by atoms with Crippen molar-refractivity contribution in [1.82, 2.24) is 15.5 Å². The van der Waals surface area contributed by atoms with Gasteiger partial charge in [-0.25, -0.2) is 0 Å². The zero-order valence-corrected chi connectivity index (χ0v) is 6.01. The normalized spacial score (nSPS) is 9.55. The molecule has 6 heteroatoms. The van der Waals surface area contributed by atoms with E-state index < -0.39 is 0 Å². The van der Waals surface area contributed by atoms with Gasteiger partial charge in [0.15, 0.2) is 5.82 Å². The molecule has 6 N–H and O–H groups in total. The average Bonchev–Trinajstić information content (AvgIpc) is 2.30. The molecular weight excluding hydrogens is 146 g/mol. The number of nitrogen functional groups attached to an aromatic ring is 2. The van der Waals surface area contributed by atoms with Crippen molar-refractivity contribution in [2.24, 2.45) is 0 Å². The summed E-state index contributed by atoms with van der Waals surface area (Å²) in [5.41, 5.74) is 10.9. The highest BCUT2D eigenvalue weighted by Gasteiger charge is 2.14. The minimum Gasteiger partial charge on any atom is -0.383 e. The zero-order chi connectivity index (χ0) is 8.43. The molecule has 11 heavy (non-hydrogen) atoms. The third kappa shape index (κ3) is 1.09. The highest BCUT2D eigenvalue weighted by atomic mass is 16.1. The van der Waals surface area contributed by atoms with Crippen LogP contribution in [0.15, 0.2) is 0 Å². The Kier molecular flexibility index (Phi) is 1.67. The number of nitrogens with one attached hydrogen (secondary N) is 2. The Morgan fingerprint density at radius 3 is 2.64 bits per heavy atom. The van der Waals surface area contributed by atoms with Crippen LogP contribution in [0.25, 0.3) is 0 Å². The molecule has 0 aliphatic heterocycles. The van der Waals surface area contributed by atoms with Crippen molar-refractivity contribution in [2.45, 2.75) is 0 Å². The molecule has 1 heterocycles. The third-order valence-corrected chi connectivity index (χ3v) is 1.28. The van der Waals surface area contributed by atoms with E-state index in [4.69, 9.17) is 11.5 Å². The number of rotatable bonds is 1. The summed E-state index contributed by atoms with van der Waals surface area (Å²) in [5.74, 6) is -0.0440. The molecule has 6 nitrogen and oxygen atoms in total. The van der Waals surface area contributed by atoms with Gasteiger partial charge in [-0.2, -0.15) is 5.10 Å². The number of nitrogens with two attached hydrogens (primary N) is 2. The molecule has 0 atom stereocenters. The SMILES string of the molecule is CNC(=O)c1c(N)n[nH]c1N. The molecule has 0 aliphatic carbocycles. The van der Waals surface area contributed by atoms with E-state index in [1.807, 2.05) is 0 Å². The van der Waals surface area contributed by atoms with Gasteiger partial charge in [0.2, 0.25) is 0 Å². The number of aromatic amines is 1. The van der Waals surface area contributed by atoms with Crippen molar-refractivity contribution in [2.75, 3.05) is 18.5 Å². The smallest absolute Gasteiger partial charge is 0.258 e. The highest BCUT2D eigenvalue weighted by molar-refractivity contribution is 6.02. The zero-order valence-electron chi connectivity index (χ0n) is 6.01. The van der Waals surface area contributed by atoms with Crippen molar-refractivity contribution in [3.63, 3.8) is 0 Å². The van der Waals surface area contributed by atoms with Crippen molar-refractivity contribution in [3.8, 4) is 0 Å². The van der Waals surface area contributed by atoms with Crippen molar-refractivity contribution < 1.29 is 4.79 Å². The second-order valence-electron chi connectivity index (χ2n) is 1.98. The van der Waals surface area contributed by atoms with Crippen LogP contribution in [-0.4, -0.2) is 23.2 Å². The lowest BCUT2D eigenvalue weighted by Gasteiger charge is -1.96. The second-order valence-corrected chi connectivity index (χ2v) is 1.98. The molecule has 0 saturated carbocycles. The molecule has 1 aromatic heterocycles. The predicted molar refractivity (Wildman–Crippen MR) is 40.8 cm³/mol. The van der Waals surface area contributed by atoms with Crippen LogP contribution in [0.5, 0.6) is 0 Å². The maximum absolute atomic E-state index is 11.0. The molecule has 1 amide bonds. The molecule has 0 fully saturated rings. The average molecular weight is 155 g/mol. The Bertz CT molecular complexity index is 259. The van der Waals surface area contributed by atoms with E-state index in [2.05, 4.69) is 15.5 Å². The van der Waals surface area contributed by atoms with Gasteiger partial charge in [0, 0.05) is 7.05 Å².